The van der Waals surface area contributed by atoms with E-state index in [1.54, 1.807) is 0 Å². The Kier molecular flexibility index (Phi) is 3.65. The van der Waals surface area contributed by atoms with E-state index in [0.29, 0.717) is 0 Å². The van der Waals surface area contributed by atoms with Gasteiger partial charge in [0.25, 0.3) is 0 Å². The van der Waals surface area contributed by atoms with Crippen molar-refractivity contribution >= 4 is 34.4 Å². The first kappa shape index (κ1) is 11.2. The van der Waals surface area contributed by atoms with Crippen LogP contribution in [0.3, 0.4) is 0 Å². The summed E-state index contributed by atoms with van der Waals surface area (Å²) in [6.07, 6.45) is 1.21. The van der Waals surface area contributed by atoms with Gasteiger partial charge in [0.2, 0.25) is 5.12 Å². The van der Waals surface area contributed by atoms with Gasteiger partial charge in [0.05, 0.1) is 6.20 Å². The highest BCUT2D eigenvalue weighted by Gasteiger charge is 2.20. The summed E-state index contributed by atoms with van der Waals surface area (Å²) in [5.74, 6) is -1.11. The average molecular weight is 231 g/mol. The van der Waals surface area contributed by atoms with Crippen LogP contribution in [0.15, 0.2) is 6.20 Å². The molecule has 0 unspecified atom stereocenters. The average Bonchev–Trinajstić information content (AvgIpc) is 2.49. The van der Waals surface area contributed by atoms with Crippen LogP contribution >= 0.6 is 23.3 Å². The molecular formula is C8H9NO3S2. The second-order valence-corrected chi connectivity index (χ2v) is 5.18. The van der Waals surface area contributed by atoms with Crippen molar-refractivity contribution < 1.29 is 14.7 Å². The van der Waals surface area contributed by atoms with Crippen molar-refractivity contribution in [2.24, 2.45) is 0 Å². The molecule has 0 atom stereocenters. The number of aromatic nitrogens is 1. The number of thioether (sulfide) groups is 1. The molecule has 0 fully saturated rings. The van der Waals surface area contributed by atoms with E-state index < -0.39 is 5.97 Å². The maximum atomic E-state index is 11.5. The number of hydrogen-bond acceptors (Lipinski definition) is 5. The molecule has 0 aliphatic carbocycles. The van der Waals surface area contributed by atoms with Crippen molar-refractivity contribution in [2.45, 2.75) is 19.1 Å². The molecule has 14 heavy (non-hydrogen) atoms. The first-order valence-corrected chi connectivity index (χ1v) is 5.56. The first-order valence-electron chi connectivity index (χ1n) is 3.91. The second kappa shape index (κ2) is 4.56. The van der Waals surface area contributed by atoms with E-state index in [1.165, 1.54) is 6.20 Å². The lowest BCUT2D eigenvalue weighted by molar-refractivity contribution is 0.0694. The molecule has 0 aliphatic heterocycles. The number of carbonyl (C=O) groups is 2. The number of carboxylic acid groups (broad SMARTS) is 1. The minimum absolute atomic E-state index is 0.00634. The van der Waals surface area contributed by atoms with Crippen molar-refractivity contribution in [3.05, 3.63) is 16.6 Å². The van der Waals surface area contributed by atoms with E-state index in [1.807, 2.05) is 13.8 Å². The van der Waals surface area contributed by atoms with Crippen LogP contribution < -0.4 is 0 Å². The van der Waals surface area contributed by atoms with Crippen LogP contribution in [0.25, 0.3) is 0 Å². The second-order valence-electron chi connectivity index (χ2n) is 2.83. The van der Waals surface area contributed by atoms with Crippen LogP contribution in [0.5, 0.6) is 0 Å². The molecule has 0 radical (unpaired) electrons. The molecule has 76 valence electrons. The van der Waals surface area contributed by atoms with Crippen LogP contribution in [-0.4, -0.2) is 25.8 Å². The third-order valence-corrected chi connectivity index (χ3v) is 3.15. The number of nitrogens with zero attached hydrogens (tertiary/aromatic N) is 1. The molecule has 0 saturated heterocycles. The van der Waals surface area contributed by atoms with Gasteiger partial charge in [0, 0.05) is 5.25 Å². The Balaban J connectivity index is 2.90. The summed E-state index contributed by atoms with van der Waals surface area (Å²) >= 11 is 2.04. The first-order chi connectivity index (χ1) is 6.52. The zero-order valence-corrected chi connectivity index (χ0v) is 9.32. The van der Waals surface area contributed by atoms with Crippen LogP contribution in [0.4, 0.5) is 0 Å². The lowest BCUT2D eigenvalue weighted by atomic mass is 10.3. The normalized spacial score (nSPS) is 10.5. The Hall–Kier alpha value is -0.880. The Morgan fingerprint density at radius 2 is 2.21 bits per heavy atom. The van der Waals surface area contributed by atoms with Crippen LogP contribution in [0.2, 0.25) is 0 Å². The van der Waals surface area contributed by atoms with Gasteiger partial charge in [-0.05, 0) is 11.5 Å². The molecule has 1 aromatic heterocycles. The summed E-state index contributed by atoms with van der Waals surface area (Å²) in [6.45, 7) is 3.76. The summed E-state index contributed by atoms with van der Waals surface area (Å²) in [6, 6.07) is 0. The SMILES string of the molecule is CC(C)SC(=O)c1sncc1C(=O)O. The molecule has 0 bridgehead atoms. The molecule has 4 nitrogen and oxygen atoms in total. The monoisotopic (exact) mass is 231 g/mol. The van der Waals surface area contributed by atoms with Gasteiger partial charge in [-0.2, -0.15) is 4.37 Å². The highest BCUT2D eigenvalue weighted by molar-refractivity contribution is 8.14. The quantitative estimate of drug-likeness (QED) is 0.863. The van der Waals surface area contributed by atoms with Gasteiger partial charge in [-0.25, -0.2) is 4.79 Å². The summed E-state index contributed by atoms with van der Waals surface area (Å²) in [4.78, 5) is 22.4. The van der Waals surface area contributed by atoms with E-state index in [-0.39, 0.29) is 20.8 Å². The lowest BCUT2D eigenvalue weighted by Crippen LogP contribution is -2.04. The topological polar surface area (TPSA) is 67.3 Å². The Morgan fingerprint density at radius 1 is 1.57 bits per heavy atom. The maximum absolute atomic E-state index is 11.5. The summed E-state index contributed by atoms with van der Waals surface area (Å²) in [7, 11) is 0. The number of hydrogen-bond donors (Lipinski definition) is 1. The van der Waals surface area contributed by atoms with Crippen molar-refractivity contribution in [1.29, 1.82) is 0 Å². The lowest BCUT2D eigenvalue weighted by Gasteiger charge is -2.01. The third kappa shape index (κ3) is 2.55. The zero-order valence-electron chi connectivity index (χ0n) is 7.68. The standard InChI is InChI=1S/C8H9NO3S2/c1-4(2)13-8(12)6-5(7(10)11)3-9-14-6/h3-4H,1-2H3,(H,10,11). The van der Waals surface area contributed by atoms with Gasteiger partial charge < -0.3 is 5.11 Å². The van der Waals surface area contributed by atoms with Crippen molar-refractivity contribution in [1.82, 2.24) is 4.37 Å². The summed E-state index contributed by atoms with van der Waals surface area (Å²) < 4.78 is 3.70. The fraction of sp³-hybridized carbons (Fsp3) is 0.375. The maximum Gasteiger partial charge on any atom is 0.338 e. The molecule has 6 heteroatoms. The van der Waals surface area contributed by atoms with Crippen LogP contribution in [-0.2, 0) is 0 Å². The van der Waals surface area contributed by atoms with Gasteiger partial charge in [-0.3, -0.25) is 4.79 Å². The van der Waals surface area contributed by atoms with Crippen molar-refractivity contribution in [3.8, 4) is 0 Å². The van der Waals surface area contributed by atoms with Gasteiger partial charge in [-0.15, -0.1) is 0 Å². The Bertz CT molecular complexity index is 359. The number of carbonyl (C=O) groups excluding carboxylic acids is 1. The predicted octanol–water partition coefficient (Wildman–Crippen LogP) is 2.12. The number of rotatable bonds is 3. The molecule has 1 aromatic rings. The number of aromatic carboxylic acids is 1. The van der Waals surface area contributed by atoms with Crippen LogP contribution in [0, 0.1) is 0 Å². The molecule has 0 aliphatic rings. The molecule has 1 rings (SSSR count). The van der Waals surface area contributed by atoms with E-state index in [2.05, 4.69) is 4.37 Å². The van der Waals surface area contributed by atoms with Crippen molar-refractivity contribution in [2.75, 3.05) is 0 Å². The Morgan fingerprint density at radius 3 is 2.71 bits per heavy atom. The van der Waals surface area contributed by atoms with E-state index in [9.17, 15) is 9.59 Å². The van der Waals surface area contributed by atoms with E-state index >= 15 is 0 Å². The third-order valence-electron chi connectivity index (χ3n) is 1.33. The van der Waals surface area contributed by atoms with Gasteiger partial charge in [0.15, 0.2) is 0 Å². The molecule has 0 spiro atoms. The zero-order chi connectivity index (χ0) is 10.7. The smallest absolute Gasteiger partial charge is 0.338 e. The minimum atomic E-state index is -1.11. The van der Waals surface area contributed by atoms with Gasteiger partial charge in [0.1, 0.15) is 10.4 Å². The minimum Gasteiger partial charge on any atom is -0.478 e. The van der Waals surface area contributed by atoms with E-state index in [0.717, 1.165) is 23.3 Å². The molecule has 1 heterocycles. The predicted molar refractivity (Wildman–Crippen MR) is 56.1 cm³/mol. The van der Waals surface area contributed by atoms with Crippen molar-refractivity contribution in [3.63, 3.8) is 0 Å². The Labute approximate surface area is 89.5 Å². The van der Waals surface area contributed by atoms with E-state index in [4.69, 9.17) is 5.11 Å². The fourth-order valence-electron chi connectivity index (χ4n) is 0.807. The molecule has 1 N–H and O–H groups in total. The fourth-order valence-corrected chi connectivity index (χ4v) is 2.28. The highest BCUT2D eigenvalue weighted by atomic mass is 32.2. The largest absolute Gasteiger partial charge is 0.478 e. The summed E-state index contributed by atoms with van der Waals surface area (Å²) in [5.41, 5.74) is -0.00634. The summed E-state index contributed by atoms with van der Waals surface area (Å²) in [5, 5.41) is 8.67. The van der Waals surface area contributed by atoms with Crippen LogP contribution in [0.1, 0.15) is 33.9 Å². The molecule has 0 aromatic carbocycles. The van der Waals surface area contributed by atoms with Gasteiger partial charge in [-0.1, -0.05) is 25.6 Å². The highest BCUT2D eigenvalue weighted by Crippen LogP contribution is 2.23. The van der Waals surface area contributed by atoms with Gasteiger partial charge >= 0.3 is 5.97 Å². The molecular weight excluding hydrogens is 222 g/mol. The number of carboxylic acids is 1. The molecule has 0 saturated carbocycles. The molecule has 0 amide bonds.